The Morgan fingerprint density at radius 1 is 1.52 bits per heavy atom. The second-order valence-corrected chi connectivity index (χ2v) is 7.08. The van der Waals surface area contributed by atoms with Crippen LogP contribution >= 0.6 is 0 Å². The molecule has 0 radical (unpaired) electrons. The minimum Gasteiger partial charge on any atom is -0.492 e. The summed E-state index contributed by atoms with van der Waals surface area (Å²) in [7, 11) is 0. The second kappa shape index (κ2) is 6.87. The van der Waals surface area contributed by atoms with Crippen LogP contribution in [0.3, 0.4) is 0 Å². The van der Waals surface area contributed by atoms with Crippen molar-refractivity contribution < 1.29 is 14.3 Å². The third-order valence-corrected chi connectivity index (χ3v) is 4.89. The first-order valence-corrected chi connectivity index (χ1v) is 8.53. The summed E-state index contributed by atoms with van der Waals surface area (Å²) in [5.41, 5.74) is -0.185. The highest BCUT2D eigenvalue weighted by Gasteiger charge is 2.54. The van der Waals surface area contributed by atoms with E-state index in [1.807, 2.05) is 17.0 Å². The summed E-state index contributed by atoms with van der Waals surface area (Å²) in [4.78, 5) is 18.2. The minimum absolute atomic E-state index is 0.185. The smallest absolute Gasteiger partial charge is 0.222 e. The van der Waals surface area contributed by atoms with Gasteiger partial charge in [0.05, 0.1) is 25.9 Å². The van der Waals surface area contributed by atoms with Gasteiger partial charge in [0, 0.05) is 25.1 Å². The topological polar surface area (TPSA) is 51.7 Å². The molecule has 23 heavy (non-hydrogen) atoms. The van der Waals surface area contributed by atoms with Gasteiger partial charge in [-0.05, 0) is 30.9 Å². The fraction of sp³-hybridized carbons (Fsp3) is 0.667. The normalized spacial score (nSPS) is 22.4. The van der Waals surface area contributed by atoms with E-state index in [0.29, 0.717) is 38.0 Å². The summed E-state index contributed by atoms with van der Waals surface area (Å²) in [5.74, 6) is 1.96. The van der Waals surface area contributed by atoms with Crippen LogP contribution in [-0.4, -0.2) is 47.7 Å². The number of rotatable bonds is 6. The lowest BCUT2D eigenvalue weighted by atomic mass is 9.81. The molecule has 0 aliphatic carbocycles. The molecule has 1 amide bonds. The van der Waals surface area contributed by atoms with Gasteiger partial charge in [0.2, 0.25) is 5.91 Å². The maximum Gasteiger partial charge on any atom is 0.222 e. The molecule has 126 valence electrons. The van der Waals surface area contributed by atoms with E-state index in [9.17, 15) is 4.79 Å². The molecule has 0 aromatic carbocycles. The number of carbonyl (C=O) groups excluding carboxylic acids is 1. The van der Waals surface area contributed by atoms with Gasteiger partial charge in [0.15, 0.2) is 0 Å². The third-order valence-electron chi connectivity index (χ3n) is 4.89. The molecule has 0 unspecified atom stereocenters. The number of aromatic nitrogens is 1. The first-order valence-electron chi connectivity index (χ1n) is 8.53. The lowest BCUT2D eigenvalue weighted by molar-refractivity contribution is -0.167. The standard InChI is InChI=1S/C18H26N2O3/c1-14(2)5-6-17(21)20-12-18(13-20)15(7-9-23-18)11-22-16-4-3-8-19-10-16/h3-4,8,10,14-15H,5-7,9,11-13H2,1-2H3/t15-/m1/s1. The van der Waals surface area contributed by atoms with Gasteiger partial charge >= 0.3 is 0 Å². The molecule has 3 rings (SSSR count). The Bertz CT molecular complexity index is 526. The van der Waals surface area contributed by atoms with E-state index < -0.39 is 0 Å². The highest BCUT2D eigenvalue weighted by molar-refractivity contribution is 5.77. The van der Waals surface area contributed by atoms with Gasteiger partial charge < -0.3 is 14.4 Å². The molecule has 5 heteroatoms. The molecule has 0 saturated carbocycles. The van der Waals surface area contributed by atoms with E-state index in [1.54, 1.807) is 12.4 Å². The number of hydrogen-bond acceptors (Lipinski definition) is 4. The first-order chi connectivity index (χ1) is 11.1. The molecular weight excluding hydrogens is 292 g/mol. The highest BCUT2D eigenvalue weighted by atomic mass is 16.5. The Morgan fingerprint density at radius 2 is 2.35 bits per heavy atom. The van der Waals surface area contributed by atoms with Gasteiger partial charge in [0.1, 0.15) is 11.4 Å². The molecule has 5 nitrogen and oxygen atoms in total. The maximum absolute atomic E-state index is 12.2. The van der Waals surface area contributed by atoms with Gasteiger partial charge in [0.25, 0.3) is 0 Å². The number of likely N-dealkylation sites (tertiary alicyclic amines) is 1. The van der Waals surface area contributed by atoms with E-state index >= 15 is 0 Å². The Balaban J connectivity index is 1.49. The zero-order valence-corrected chi connectivity index (χ0v) is 14.0. The molecule has 1 aromatic rings. The number of hydrogen-bond donors (Lipinski definition) is 0. The summed E-state index contributed by atoms with van der Waals surface area (Å²) in [6.07, 6.45) is 6.06. The van der Waals surface area contributed by atoms with E-state index in [1.165, 1.54) is 0 Å². The van der Waals surface area contributed by atoms with Crippen molar-refractivity contribution in [3.05, 3.63) is 24.5 Å². The molecule has 1 atom stereocenters. The molecule has 2 aliphatic heterocycles. The van der Waals surface area contributed by atoms with Gasteiger partial charge in [-0.2, -0.15) is 0 Å². The van der Waals surface area contributed by atoms with E-state index in [0.717, 1.165) is 25.2 Å². The van der Waals surface area contributed by atoms with E-state index in [2.05, 4.69) is 18.8 Å². The van der Waals surface area contributed by atoms with Crippen molar-refractivity contribution >= 4 is 5.91 Å². The third kappa shape index (κ3) is 3.66. The number of amides is 1. The average Bonchev–Trinajstić information content (AvgIpc) is 2.94. The van der Waals surface area contributed by atoms with Crippen LogP contribution in [0.25, 0.3) is 0 Å². The number of nitrogens with zero attached hydrogens (tertiary/aromatic N) is 2. The molecule has 2 aliphatic rings. The zero-order chi connectivity index (χ0) is 16.3. The summed E-state index contributed by atoms with van der Waals surface area (Å²) in [5, 5.41) is 0. The van der Waals surface area contributed by atoms with Crippen LogP contribution in [0.1, 0.15) is 33.1 Å². The summed E-state index contributed by atoms with van der Waals surface area (Å²) < 4.78 is 11.8. The van der Waals surface area contributed by atoms with E-state index in [4.69, 9.17) is 9.47 Å². The molecule has 2 saturated heterocycles. The van der Waals surface area contributed by atoms with Crippen LogP contribution in [0.15, 0.2) is 24.5 Å². The SMILES string of the molecule is CC(C)CCC(=O)N1CC2(C1)OCC[C@@H]2COc1cccnc1. The van der Waals surface area contributed by atoms with Gasteiger partial charge in [-0.1, -0.05) is 13.8 Å². The number of carbonyl (C=O) groups is 1. The Morgan fingerprint density at radius 3 is 3.04 bits per heavy atom. The predicted octanol–water partition coefficient (Wildman–Crippen LogP) is 2.51. The van der Waals surface area contributed by atoms with Crippen molar-refractivity contribution in [3.8, 4) is 5.75 Å². The molecule has 1 spiro atoms. The molecule has 3 heterocycles. The summed E-state index contributed by atoms with van der Waals surface area (Å²) in [6.45, 7) is 7.11. The number of pyridine rings is 1. The largest absolute Gasteiger partial charge is 0.492 e. The maximum atomic E-state index is 12.2. The Hall–Kier alpha value is -1.62. The monoisotopic (exact) mass is 318 g/mol. The zero-order valence-electron chi connectivity index (χ0n) is 14.0. The lowest BCUT2D eigenvalue weighted by Gasteiger charge is -2.50. The molecule has 2 fully saturated rings. The van der Waals surface area contributed by atoms with Crippen LogP contribution in [0, 0.1) is 11.8 Å². The van der Waals surface area contributed by atoms with Crippen LogP contribution in [-0.2, 0) is 9.53 Å². The van der Waals surface area contributed by atoms with Crippen molar-refractivity contribution in [3.63, 3.8) is 0 Å². The highest BCUT2D eigenvalue weighted by Crippen LogP contribution is 2.40. The summed E-state index contributed by atoms with van der Waals surface area (Å²) >= 11 is 0. The predicted molar refractivity (Wildman–Crippen MR) is 87.2 cm³/mol. The number of ether oxygens (including phenoxy) is 2. The fourth-order valence-corrected chi connectivity index (χ4v) is 3.35. The molecule has 0 bridgehead atoms. The Kier molecular flexibility index (Phi) is 4.85. The van der Waals surface area contributed by atoms with Crippen LogP contribution in [0.4, 0.5) is 0 Å². The van der Waals surface area contributed by atoms with Crippen molar-refractivity contribution in [2.24, 2.45) is 11.8 Å². The first kappa shape index (κ1) is 16.2. The second-order valence-electron chi connectivity index (χ2n) is 7.08. The minimum atomic E-state index is -0.185. The van der Waals surface area contributed by atoms with Crippen molar-refractivity contribution in [2.45, 2.75) is 38.7 Å². The molecule has 0 N–H and O–H groups in total. The van der Waals surface area contributed by atoms with E-state index in [-0.39, 0.29) is 11.5 Å². The van der Waals surface area contributed by atoms with Crippen molar-refractivity contribution in [1.29, 1.82) is 0 Å². The lowest BCUT2D eigenvalue weighted by Crippen LogP contribution is -2.66. The average molecular weight is 318 g/mol. The molecule has 1 aromatic heterocycles. The van der Waals surface area contributed by atoms with Gasteiger partial charge in [-0.25, -0.2) is 0 Å². The van der Waals surface area contributed by atoms with Crippen molar-refractivity contribution in [2.75, 3.05) is 26.3 Å². The van der Waals surface area contributed by atoms with Gasteiger partial charge in [-0.3, -0.25) is 9.78 Å². The van der Waals surface area contributed by atoms with Crippen LogP contribution in [0.5, 0.6) is 5.75 Å². The van der Waals surface area contributed by atoms with Crippen molar-refractivity contribution in [1.82, 2.24) is 9.88 Å². The summed E-state index contributed by atoms with van der Waals surface area (Å²) in [6, 6.07) is 3.78. The quantitative estimate of drug-likeness (QED) is 0.809. The van der Waals surface area contributed by atoms with Crippen LogP contribution in [0.2, 0.25) is 0 Å². The van der Waals surface area contributed by atoms with Crippen LogP contribution < -0.4 is 4.74 Å². The fourth-order valence-electron chi connectivity index (χ4n) is 3.35. The molecular formula is C18H26N2O3. The Labute approximate surface area is 138 Å². The van der Waals surface area contributed by atoms with Gasteiger partial charge in [-0.15, -0.1) is 0 Å².